The average molecular weight is 302 g/mol. The number of benzene rings is 1. The van der Waals surface area contributed by atoms with E-state index in [0.717, 1.165) is 6.26 Å². The first-order valence-electron chi connectivity index (χ1n) is 5.84. The maximum absolute atomic E-state index is 12.1. The summed E-state index contributed by atoms with van der Waals surface area (Å²) in [5.41, 5.74) is 0.272. The molecule has 0 aromatic heterocycles. The average Bonchev–Trinajstić information content (AvgIpc) is 2.41. The monoisotopic (exact) mass is 302 g/mol. The molecular weight excluding hydrogens is 284 g/mol. The third kappa shape index (κ3) is 3.86. The van der Waals surface area contributed by atoms with Crippen LogP contribution in [0.1, 0.15) is 16.8 Å². The summed E-state index contributed by atoms with van der Waals surface area (Å²) >= 11 is 0. The Kier molecular flexibility index (Phi) is 5.38. The Bertz CT molecular complexity index is 591. The van der Waals surface area contributed by atoms with Crippen molar-refractivity contribution in [2.24, 2.45) is 0 Å². The van der Waals surface area contributed by atoms with Crippen molar-refractivity contribution in [2.75, 3.05) is 33.3 Å². The molecule has 0 atom stereocenters. The van der Waals surface area contributed by atoms with Crippen LogP contribution in [-0.4, -0.2) is 47.5 Å². The van der Waals surface area contributed by atoms with Crippen LogP contribution in [0.25, 0.3) is 0 Å². The van der Waals surface area contributed by atoms with E-state index in [2.05, 4.69) is 0 Å². The minimum absolute atomic E-state index is 0.106. The maximum atomic E-state index is 12.1. The van der Waals surface area contributed by atoms with E-state index < -0.39 is 9.84 Å². The highest BCUT2D eigenvalue weighted by Gasteiger charge is 2.21. The van der Waals surface area contributed by atoms with Crippen LogP contribution in [0, 0.1) is 0 Å². The second-order valence-electron chi connectivity index (χ2n) is 4.18. The minimum Gasteiger partial charge on any atom is -0.493 e. The summed E-state index contributed by atoms with van der Waals surface area (Å²) in [6.45, 7) is 0. The number of rotatable bonds is 7. The molecule has 1 aromatic rings. The number of methoxy groups -OCH3 is 3. The van der Waals surface area contributed by atoms with Crippen molar-refractivity contribution in [1.82, 2.24) is 0 Å². The Hall–Kier alpha value is -1.76. The molecule has 0 radical (unpaired) electrons. The summed E-state index contributed by atoms with van der Waals surface area (Å²) in [7, 11) is 1.12. The lowest BCUT2D eigenvalue weighted by atomic mass is 10.1. The van der Waals surface area contributed by atoms with Gasteiger partial charge in [0.1, 0.15) is 9.84 Å². The van der Waals surface area contributed by atoms with E-state index in [9.17, 15) is 13.2 Å². The Morgan fingerprint density at radius 1 is 1.05 bits per heavy atom. The molecule has 0 unspecified atom stereocenters. The van der Waals surface area contributed by atoms with Gasteiger partial charge < -0.3 is 14.2 Å². The quantitative estimate of drug-likeness (QED) is 0.707. The third-order valence-electron chi connectivity index (χ3n) is 2.70. The standard InChI is InChI=1S/C13H18O6S/c1-17-11-6-5-9(12(18-2)13(11)19-3)10(14)7-8-20(4,15)16/h5-6H,7-8H2,1-4H3. The van der Waals surface area contributed by atoms with Crippen LogP contribution in [0.15, 0.2) is 12.1 Å². The molecule has 7 heteroatoms. The van der Waals surface area contributed by atoms with Crippen LogP contribution in [0.5, 0.6) is 17.2 Å². The highest BCUT2D eigenvalue weighted by atomic mass is 32.2. The molecule has 1 aromatic carbocycles. The van der Waals surface area contributed by atoms with Crippen molar-refractivity contribution in [2.45, 2.75) is 6.42 Å². The molecule has 0 heterocycles. The van der Waals surface area contributed by atoms with Gasteiger partial charge in [-0.05, 0) is 12.1 Å². The second kappa shape index (κ2) is 6.60. The van der Waals surface area contributed by atoms with Gasteiger partial charge >= 0.3 is 0 Å². The van der Waals surface area contributed by atoms with Crippen molar-refractivity contribution in [3.8, 4) is 17.2 Å². The van der Waals surface area contributed by atoms with Crippen LogP contribution in [-0.2, 0) is 9.84 Å². The highest BCUT2D eigenvalue weighted by Crippen LogP contribution is 2.40. The number of ether oxygens (including phenoxy) is 3. The van der Waals surface area contributed by atoms with E-state index in [1.54, 1.807) is 6.07 Å². The van der Waals surface area contributed by atoms with E-state index in [-0.39, 0.29) is 29.3 Å². The molecule has 112 valence electrons. The zero-order chi connectivity index (χ0) is 15.3. The van der Waals surface area contributed by atoms with Gasteiger partial charge in [0, 0.05) is 12.7 Å². The molecule has 0 N–H and O–H groups in total. The zero-order valence-electron chi connectivity index (χ0n) is 11.9. The lowest BCUT2D eigenvalue weighted by Gasteiger charge is -2.15. The molecule has 0 amide bonds. The van der Waals surface area contributed by atoms with Crippen LogP contribution < -0.4 is 14.2 Å². The van der Waals surface area contributed by atoms with E-state index >= 15 is 0 Å². The SMILES string of the molecule is COc1ccc(C(=O)CCS(C)(=O)=O)c(OC)c1OC. The van der Waals surface area contributed by atoms with Gasteiger partial charge in [-0.3, -0.25) is 4.79 Å². The van der Waals surface area contributed by atoms with Crippen LogP contribution in [0.4, 0.5) is 0 Å². The van der Waals surface area contributed by atoms with Crippen molar-refractivity contribution < 1.29 is 27.4 Å². The largest absolute Gasteiger partial charge is 0.493 e. The number of hydrogen-bond donors (Lipinski definition) is 0. The normalized spacial score (nSPS) is 11.0. The summed E-state index contributed by atoms with van der Waals surface area (Å²) in [5, 5.41) is 0. The first-order valence-corrected chi connectivity index (χ1v) is 7.90. The molecule has 0 saturated carbocycles. The van der Waals surface area contributed by atoms with Crippen molar-refractivity contribution in [3.05, 3.63) is 17.7 Å². The molecule has 0 aliphatic carbocycles. The minimum atomic E-state index is -3.19. The smallest absolute Gasteiger partial charge is 0.204 e. The van der Waals surface area contributed by atoms with Gasteiger partial charge in [-0.25, -0.2) is 8.42 Å². The van der Waals surface area contributed by atoms with E-state index in [1.165, 1.54) is 27.4 Å². The highest BCUT2D eigenvalue weighted by molar-refractivity contribution is 7.90. The van der Waals surface area contributed by atoms with Crippen LogP contribution >= 0.6 is 0 Å². The molecule has 0 fully saturated rings. The van der Waals surface area contributed by atoms with Gasteiger partial charge in [-0.1, -0.05) is 0 Å². The summed E-state index contributed by atoms with van der Waals surface area (Å²) in [6.07, 6.45) is 0.983. The topological polar surface area (TPSA) is 78.9 Å². The zero-order valence-corrected chi connectivity index (χ0v) is 12.7. The predicted molar refractivity (Wildman–Crippen MR) is 74.8 cm³/mol. The number of sulfone groups is 1. The first-order chi connectivity index (χ1) is 9.34. The molecule has 0 bridgehead atoms. The fraction of sp³-hybridized carbons (Fsp3) is 0.462. The molecule has 6 nitrogen and oxygen atoms in total. The van der Waals surface area contributed by atoms with Gasteiger partial charge in [-0.2, -0.15) is 0 Å². The van der Waals surface area contributed by atoms with Gasteiger partial charge in [-0.15, -0.1) is 0 Å². The van der Waals surface area contributed by atoms with Gasteiger partial charge in [0.15, 0.2) is 17.3 Å². The Labute approximate surface area is 118 Å². The Morgan fingerprint density at radius 3 is 2.10 bits per heavy atom. The molecule has 0 saturated heterocycles. The molecule has 20 heavy (non-hydrogen) atoms. The fourth-order valence-electron chi connectivity index (χ4n) is 1.73. The van der Waals surface area contributed by atoms with E-state index in [1.807, 2.05) is 0 Å². The summed E-state index contributed by atoms with van der Waals surface area (Å²) < 4.78 is 37.7. The number of hydrogen-bond acceptors (Lipinski definition) is 6. The number of Topliss-reactive ketones (excluding diaryl/α,β-unsaturated/α-hetero) is 1. The summed E-state index contributed by atoms with van der Waals surface area (Å²) in [5.74, 6) is 0.450. The van der Waals surface area contributed by atoms with Crippen LogP contribution in [0.2, 0.25) is 0 Å². The Balaban J connectivity index is 3.15. The lowest BCUT2D eigenvalue weighted by molar-refractivity contribution is 0.0985. The number of carbonyl (C=O) groups is 1. The maximum Gasteiger partial charge on any atom is 0.204 e. The van der Waals surface area contributed by atoms with E-state index in [0.29, 0.717) is 11.5 Å². The number of carbonyl (C=O) groups excluding carboxylic acids is 1. The van der Waals surface area contributed by atoms with E-state index in [4.69, 9.17) is 14.2 Å². The summed E-state index contributed by atoms with van der Waals surface area (Å²) in [4.78, 5) is 12.1. The predicted octanol–water partition coefficient (Wildman–Crippen LogP) is 1.33. The van der Waals surface area contributed by atoms with Crippen molar-refractivity contribution in [3.63, 3.8) is 0 Å². The molecule has 0 aliphatic heterocycles. The molecule has 0 spiro atoms. The molecule has 1 rings (SSSR count). The lowest BCUT2D eigenvalue weighted by Crippen LogP contribution is -2.11. The summed E-state index contributed by atoms with van der Waals surface area (Å²) in [6, 6.07) is 3.11. The molecular formula is C13H18O6S. The number of ketones is 1. The Morgan fingerprint density at radius 2 is 1.65 bits per heavy atom. The second-order valence-corrected chi connectivity index (χ2v) is 6.44. The third-order valence-corrected chi connectivity index (χ3v) is 3.65. The van der Waals surface area contributed by atoms with Crippen molar-refractivity contribution >= 4 is 15.6 Å². The van der Waals surface area contributed by atoms with Crippen LogP contribution in [0.3, 0.4) is 0 Å². The van der Waals surface area contributed by atoms with Gasteiger partial charge in [0.25, 0.3) is 0 Å². The first kappa shape index (κ1) is 16.3. The molecule has 0 aliphatic rings. The van der Waals surface area contributed by atoms with Crippen molar-refractivity contribution in [1.29, 1.82) is 0 Å². The van der Waals surface area contributed by atoms with Gasteiger partial charge in [0.2, 0.25) is 5.75 Å². The van der Waals surface area contributed by atoms with Gasteiger partial charge in [0.05, 0.1) is 32.6 Å². The fourth-order valence-corrected chi connectivity index (χ4v) is 2.29.